The van der Waals surface area contributed by atoms with Crippen LogP contribution in [0.2, 0.25) is 0 Å². The van der Waals surface area contributed by atoms with Crippen LogP contribution in [0.4, 0.5) is 26.7 Å². The maximum atomic E-state index is 12.9. The number of halogens is 5. The normalized spacial score (nSPS) is 14.6. The van der Waals surface area contributed by atoms with Gasteiger partial charge in [-0.05, 0) is 22.3 Å². The molecular weight excluding hydrogens is 479 g/mol. The lowest BCUT2D eigenvalue weighted by Crippen LogP contribution is -2.50. The van der Waals surface area contributed by atoms with Crippen molar-refractivity contribution in [2.75, 3.05) is 13.2 Å². The van der Waals surface area contributed by atoms with Crippen LogP contribution in [-0.2, 0) is 14.3 Å². The number of aliphatic carboxylic acids is 1. The first-order valence-electron chi connectivity index (χ1n) is 10.5. The molecule has 0 radical (unpaired) electrons. The minimum absolute atomic E-state index is 0.183. The molecule has 2 aromatic carbocycles. The summed E-state index contributed by atoms with van der Waals surface area (Å²) in [5.74, 6) is -6.92. The van der Waals surface area contributed by atoms with Gasteiger partial charge in [0.15, 0.2) is 5.92 Å². The molecule has 35 heavy (non-hydrogen) atoms. The van der Waals surface area contributed by atoms with E-state index in [1.807, 2.05) is 53.8 Å². The molecule has 0 bridgehead atoms. The van der Waals surface area contributed by atoms with Gasteiger partial charge in [0.25, 0.3) is 0 Å². The fourth-order valence-corrected chi connectivity index (χ4v) is 3.86. The predicted molar refractivity (Wildman–Crippen MR) is 113 cm³/mol. The summed E-state index contributed by atoms with van der Waals surface area (Å²) in [5.41, 5.74) is 3.67. The van der Waals surface area contributed by atoms with Gasteiger partial charge < -0.3 is 20.5 Å². The fraction of sp³-hybridized carbons (Fsp3) is 0.348. The topological polar surface area (TPSA) is 105 Å². The zero-order valence-corrected chi connectivity index (χ0v) is 18.0. The van der Waals surface area contributed by atoms with Gasteiger partial charge in [-0.15, -0.1) is 0 Å². The van der Waals surface area contributed by atoms with Crippen molar-refractivity contribution in [1.82, 2.24) is 10.6 Å². The van der Waals surface area contributed by atoms with Crippen LogP contribution in [0.5, 0.6) is 0 Å². The Labute approximate surface area is 196 Å². The molecule has 1 aliphatic rings. The van der Waals surface area contributed by atoms with E-state index in [-0.39, 0.29) is 12.5 Å². The van der Waals surface area contributed by atoms with E-state index >= 15 is 0 Å². The van der Waals surface area contributed by atoms with Crippen molar-refractivity contribution < 1.29 is 46.2 Å². The summed E-state index contributed by atoms with van der Waals surface area (Å²) in [6.07, 6.45) is -10.7. The van der Waals surface area contributed by atoms with E-state index in [9.17, 15) is 36.3 Å². The Hall–Kier alpha value is -3.70. The van der Waals surface area contributed by atoms with Gasteiger partial charge >= 0.3 is 18.2 Å². The van der Waals surface area contributed by atoms with Gasteiger partial charge in [0, 0.05) is 18.9 Å². The zero-order valence-electron chi connectivity index (χ0n) is 18.0. The number of carbonyl (C=O) groups excluding carboxylic acids is 2. The molecule has 2 amide bonds. The van der Waals surface area contributed by atoms with Crippen LogP contribution in [0.25, 0.3) is 11.1 Å². The molecule has 2 atom stereocenters. The Morgan fingerprint density at radius 2 is 1.51 bits per heavy atom. The number of benzene rings is 2. The van der Waals surface area contributed by atoms with E-state index < -0.39 is 55.5 Å². The number of ether oxygens (including phenoxy) is 1. The maximum absolute atomic E-state index is 12.9. The molecule has 188 valence electrons. The molecule has 3 rings (SSSR count). The van der Waals surface area contributed by atoms with Crippen molar-refractivity contribution in [3.63, 3.8) is 0 Å². The zero-order chi connectivity index (χ0) is 25.8. The molecule has 0 aliphatic heterocycles. The van der Waals surface area contributed by atoms with Crippen LogP contribution in [-0.4, -0.2) is 54.9 Å². The smallest absolute Gasteiger partial charge is 0.407 e. The minimum Gasteiger partial charge on any atom is -0.481 e. The Morgan fingerprint density at radius 3 is 2.00 bits per heavy atom. The van der Waals surface area contributed by atoms with Gasteiger partial charge in [0.1, 0.15) is 12.6 Å². The molecule has 1 aliphatic carbocycles. The number of hydrogen-bond donors (Lipinski definition) is 3. The van der Waals surface area contributed by atoms with E-state index in [0.29, 0.717) is 0 Å². The fourth-order valence-electron chi connectivity index (χ4n) is 3.86. The van der Waals surface area contributed by atoms with E-state index in [1.165, 1.54) is 0 Å². The number of amides is 2. The highest BCUT2D eigenvalue weighted by molar-refractivity contribution is 5.86. The van der Waals surface area contributed by atoms with Gasteiger partial charge in [-0.3, -0.25) is 9.59 Å². The van der Waals surface area contributed by atoms with Gasteiger partial charge in [-0.2, -0.15) is 13.2 Å². The highest BCUT2D eigenvalue weighted by Gasteiger charge is 2.45. The molecule has 0 heterocycles. The number of alkyl halides is 5. The maximum Gasteiger partial charge on any atom is 0.407 e. The van der Waals surface area contributed by atoms with Crippen molar-refractivity contribution in [2.24, 2.45) is 5.92 Å². The lowest BCUT2D eigenvalue weighted by molar-refractivity contribution is -0.192. The summed E-state index contributed by atoms with van der Waals surface area (Å²) in [6, 6.07) is 12.9. The summed E-state index contributed by atoms with van der Waals surface area (Å²) in [6.45, 7) is -1.57. The molecule has 0 spiro atoms. The minimum atomic E-state index is -5.17. The molecule has 0 aromatic heterocycles. The first kappa shape index (κ1) is 25.9. The molecular formula is C23H21F5N2O5. The quantitative estimate of drug-likeness (QED) is 0.453. The van der Waals surface area contributed by atoms with Crippen molar-refractivity contribution >= 4 is 18.0 Å². The molecule has 0 saturated carbocycles. The average Bonchev–Trinajstić information content (AvgIpc) is 3.09. The largest absolute Gasteiger partial charge is 0.481 e. The second-order valence-electron chi connectivity index (χ2n) is 7.83. The second-order valence-corrected chi connectivity index (χ2v) is 7.83. The van der Waals surface area contributed by atoms with Gasteiger partial charge in [-0.1, -0.05) is 48.5 Å². The molecule has 0 fully saturated rings. The number of carboxylic acids is 1. The Kier molecular flexibility index (Phi) is 7.92. The van der Waals surface area contributed by atoms with Crippen molar-refractivity contribution in [1.29, 1.82) is 0 Å². The van der Waals surface area contributed by atoms with Crippen LogP contribution in [0.3, 0.4) is 0 Å². The summed E-state index contributed by atoms with van der Waals surface area (Å²) in [5, 5.41) is 12.3. The third kappa shape index (κ3) is 6.25. The van der Waals surface area contributed by atoms with Gasteiger partial charge in [-0.25, -0.2) is 13.6 Å². The third-order valence-corrected chi connectivity index (χ3v) is 5.54. The Bertz CT molecular complexity index is 1050. The van der Waals surface area contributed by atoms with Crippen molar-refractivity contribution in [2.45, 2.75) is 31.0 Å². The molecule has 7 nitrogen and oxygen atoms in total. The lowest BCUT2D eigenvalue weighted by atomic mass is 9.98. The highest BCUT2D eigenvalue weighted by atomic mass is 19.4. The molecule has 2 unspecified atom stereocenters. The third-order valence-electron chi connectivity index (χ3n) is 5.54. The number of carbonyl (C=O) groups is 3. The number of alkyl carbamates (subject to hydrolysis) is 1. The highest BCUT2D eigenvalue weighted by Crippen LogP contribution is 2.44. The average molecular weight is 500 g/mol. The number of carboxylic acid groups (broad SMARTS) is 1. The number of hydrogen-bond acceptors (Lipinski definition) is 4. The number of rotatable bonds is 9. The first-order valence-corrected chi connectivity index (χ1v) is 10.5. The van der Waals surface area contributed by atoms with Crippen LogP contribution < -0.4 is 10.6 Å². The number of fused-ring (bicyclic) bond motifs is 3. The van der Waals surface area contributed by atoms with Crippen molar-refractivity contribution in [3.8, 4) is 11.1 Å². The van der Waals surface area contributed by atoms with Crippen LogP contribution >= 0.6 is 0 Å². The first-order chi connectivity index (χ1) is 16.5. The summed E-state index contributed by atoms with van der Waals surface area (Å²) >= 11 is 0. The standard InChI is InChI=1S/C23H21F5N2O5/c24-19(25)9-18(20(31)29-10-17(21(32)33)23(26,27)28)30-22(34)35-11-16-14-7-3-1-5-12(14)13-6-2-4-8-15(13)16/h1-8,16-19H,9-11H2,(H,29,31)(H,30,34)(H,32,33). The molecule has 0 saturated heterocycles. The Morgan fingerprint density at radius 1 is 0.971 bits per heavy atom. The van der Waals surface area contributed by atoms with E-state index in [2.05, 4.69) is 0 Å². The van der Waals surface area contributed by atoms with Crippen LogP contribution in [0.15, 0.2) is 48.5 Å². The number of nitrogens with one attached hydrogen (secondary N) is 2. The summed E-state index contributed by atoms with van der Waals surface area (Å²) in [7, 11) is 0. The lowest BCUT2D eigenvalue weighted by Gasteiger charge is -2.21. The summed E-state index contributed by atoms with van der Waals surface area (Å²) in [4.78, 5) is 35.3. The molecule has 12 heteroatoms. The second kappa shape index (κ2) is 10.7. The summed E-state index contributed by atoms with van der Waals surface area (Å²) < 4.78 is 69.3. The SMILES string of the molecule is O=C(NC(CC(F)F)C(=O)NCC(C(=O)O)C(F)(F)F)OCC1c2ccccc2-c2ccccc21. The van der Waals surface area contributed by atoms with Gasteiger partial charge in [0.05, 0.1) is 0 Å². The van der Waals surface area contributed by atoms with Crippen molar-refractivity contribution in [3.05, 3.63) is 59.7 Å². The predicted octanol–water partition coefficient (Wildman–Crippen LogP) is 3.93. The van der Waals surface area contributed by atoms with Crippen LogP contribution in [0.1, 0.15) is 23.5 Å². The monoisotopic (exact) mass is 500 g/mol. The molecule has 3 N–H and O–H groups in total. The van der Waals surface area contributed by atoms with E-state index in [4.69, 9.17) is 9.84 Å². The van der Waals surface area contributed by atoms with E-state index in [0.717, 1.165) is 22.3 Å². The Balaban J connectivity index is 1.64. The van der Waals surface area contributed by atoms with Gasteiger partial charge in [0.2, 0.25) is 12.3 Å². The van der Waals surface area contributed by atoms with E-state index in [1.54, 1.807) is 5.32 Å². The van der Waals surface area contributed by atoms with Crippen LogP contribution in [0, 0.1) is 5.92 Å². The molecule has 2 aromatic rings.